The Labute approximate surface area is 154 Å². The van der Waals surface area contributed by atoms with E-state index in [-0.39, 0.29) is 5.92 Å². The molecule has 0 aliphatic heterocycles. The van der Waals surface area contributed by atoms with Gasteiger partial charge in [-0.3, -0.25) is 0 Å². The number of benzene rings is 1. The largest absolute Gasteiger partial charge is 0.497 e. The van der Waals surface area contributed by atoms with E-state index in [0.717, 1.165) is 22.6 Å². The molecule has 0 aliphatic rings. The van der Waals surface area contributed by atoms with Gasteiger partial charge >= 0.3 is 0 Å². The first-order valence-electron chi connectivity index (χ1n) is 7.22. The van der Waals surface area contributed by atoms with E-state index in [1.54, 1.807) is 7.11 Å². The standard InChI is InChI=1S/C17H15Cl2N3OS/c1-23-12-4-2-11(3-5-12)13(14-9-24-17(20)21-14)6-10-7-15(18)22-16(19)8-10/h2-5,7-9,13H,6H2,1H3,(H2,20,21). The van der Waals surface area contributed by atoms with Crippen LogP contribution in [0, 0.1) is 0 Å². The lowest BCUT2D eigenvalue weighted by Crippen LogP contribution is -2.06. The van der Waals surface area contributed by atoms with Gasteiger partial charge in [0, 0.05) is 11.3 Å². The lowest BCUT2D eigenvalue weighted by molar-refractivity contribution is 0.414. The lowest BCUT2D eigenvalue weighted by Gasteiger charge is -2.16. The number of rotatable bonds is 5. The van der Waals surface area contributed by atoms with E-state index in [1.807, 2.05) is 41.8 Å². The molecule has 3 rings (SSSR count). The topological polar surface area (TPSA) is 61.0 Å². The second kappa shape index (κ2) is 7.38. The van der Waals surface area contributed by atoms with E-state index in [4.69, 9.17) is 33.7 Å². The monoisotopic (exact) mass is 379 g/mol. The van der Waals surface area contributed by atoms with Gasteiger partial charge in [-0.05, 0) is 41.8 Å². The van der Waals surface area contributed by atoms with Crippen LogP contribution in [0.4, 0.5) is 5.13 Å². The van der Waals surface area contributed by atoms with Crippen LogP contribution in [0.2, 0.25) is 10.3 Å². The molecule has 0 fully saturated rings. The zero-order chi connectivity index (χ0) is 17.1. The van der Waals surface area contributed by atoms with Gasteiger partial charge in [0.15, 0.2) is 5.13 Å². The molecule has 0 bridgehead atoms. The van der Waals surface area contributed by atoms with E-state index in [0.29, 0.717) is 21.9 Å². The van der Waals surface area contributed by atoms with Gasteiger partial charge in [0.05, 0.1) is 12.8 Å². The second-order valence-corrected chi connectivity index (χ2v) is 6.93. The van der Waals surface area contributed by atoms with Gasteiger partial charge in [-0.1, -0.05) is 35.3 Å². The minimum absolute atomic E-state index is 0.0407. The maximum absolute atomic E-state index is 6.02. The normalized spacial score (nSPS) is 12.1. The molecule has 2 heterocycles. The molecule has 0 aliphatic carbocycles. The summed E-state index contributed by atoms with van der Waals surface area (Å²) in [4.78, 5) is 8.45. The minimum Gasteiger partial charge on any atom is -0.497 e. The Bertz CT molecular complexity index is 816. The highest BCUT2D eigenvalue weighted by atomic mass is 35.5. The van der Waals surface area contributed by atoms with E-state index in [2.05, 4.69) is 9.97 Å². The summed E-state index contributed by atoms with van der Waals surface area (Å²) >= 11 is 13.5. The zero-order valence-corrected chi connectivity index (χ0v) is 15.2. The van der Waals surface area contributed by atoms with Crippen LogP contribution >= 0.6 is 34.5 Å². The van der Waals surface area contributed by atoms with Crippen molar-refractivity contribution in [3.8, 4) is 5.75 Å². The molecule has 2 N–H and O–H groups in total. The summed E-state index contributed by atoms with van der Waals surface area (Å²) in [6.45, 7) is 0. The fraction of sp³-hybridized carbons (Fsp3) is 0.176. The van der Waals surface area contributed by atoms with Crippen LogP contribution in [-0.2, 0) is 6.42 Å². The first kappa shape index (κ1) is 17.0. The number of nitrogens with zero attached hydrogens (tertiary/aromatic N) is 2. The summed E-state index contributed by atoms with van der Waals surface area (Å²) in [5.41, 5.74) is 8.85. The van der Waals surface area contributed by atoms with Crippen LogP contribution in [0.5, 0.6) is 5.75 Å². The van der Waals surface area contributed by atoms with Crippen molar-refractivity contribution in [1.82, 2.24) is 9.97 Å². The lowest BCUT2D eigenvalue weighted by atomic mass is 9.90. The number of halogens is 2. The first-order chi connectivity index (χ1) is 11.5. The third-order valence-corrected chi connectivity index (χ3v) is 4.76. The van der Waals surface area contributed by atoms with Crippen LogP contribution in [0.15, 0.2) is 41.8 Å². The highest BCUT2D eigenvalue weighted by molar-refractivity contribution is 7.13. The van der Waals surface area contributed by atoms with Crippen molar-refractivity contribution in [1.29, 1.82) is 0 Å². The Morgan fingerprint density at radius 1 is 1.12 bits per heavy atom. The zero-order valence-electron chi connectivity index (χ0n) is 12.9. The fourth-order valence-corrected chi connectivity index (χ4v) is 3.68. The Kier molecular flexibility index (Phi) is 5.23. The van der Waals surface area contributed by atoms with E-state index in [1.165, 1.54) is 11.3 Å². The fourth-order valence-electron chi connectivity index (χ4n) is 2.56. The minimum atomic E-state index is 0.0407. The molecule has 0 spiro atoms. The summed E-state index contributed by atoms with van der Waals surface area (Å²) < 4.78 is 5.23. The highest BCUT2D eigenvalue weighted by Gasteiger charge is 2.19. The predicted molar refractivity (Wildman–Crippen MR) is 99.3 cm³/mol. The molecule has 0 saturated carbocycles. The van der Waals surface area contributed by atoms with Crippen molar-refractivity contribution in [3.63, 3.8) is 0 Å². The van der Waals surface area contributed by atoms with E-state index >= 15 is 0 Å². The number of ether oxygens (including phenoxy) is 1. The molecule has 0 amide bonds. The van der Waals surface area contributed by atoms with Gasteiger partial charge in [-0.2, -0.15) is 0 Å². The summed E-state index contributed by atoms with van der Waals surface area (Å²) in [6.07, 6.45) is 0.692. The van der Waals surface area contributed by atoms with Crippen LogP contribution in [0.1, 0.15) is 22.7 Å². The van der Waals surface area contributed by atoms with Crippen molar-refractivity contribution in [2.45, 2.75) is 12.3 Å². The number of hydrogen-bond acceptors (Lipinski definition) is 5. The molecule has 2 aromatic heterocycles. The number of thiazole rings is 1. The molecule has 1 unspecified atom stereocenters. The van der Waals surface area contributed by atoms with E-state index in [9.17, 15) is 0 Å². The van der Waals surface area contributed by atoms with Crippen LogP contribution < -0.4 is 10.5 Å². The Morgan fingerprint density at radius 3 is 2.33 bits per heavy atom. The average Bonchev–Trinajstić information content (AvgIpc) is 2.98. The summed E-state index contributed by atoms with van der Waals surface area (Å²) in [5, 5.41) is 3.29. The van der Waals surface area contributed by atoms with Crippen LogP contribution in [0.25, 0.3) is 0 Å². The van der Waals surface area contributed by atoms with Crippen molar-refractivity contribution in [2.75, 3.05) is 12.8 Å². The number of hydrogen-bond donors (Lipinski definition) is 1. The third kappa shape index (κ3) is 3.98. The van der Waals surface area contributed by atoms with Gasteiger partial charge in [-0.25, -0.2) is 9.97 Å². The summed E-state index contributed by atoms with van der Waals surface area (Å²) in [5.74, 6) is 0.851. The second-order valence-electron chi connectivity index (χ2n) is 5.26. The highest BCUT2D eigenvalue weighted by Crippen LogP contribution is 2.32. The predicted octanol–water partition coefficient (Wildman–Crippen LogP) is 4.81. The van der Waals surface area contributed by atoms with Crippen molar-refractivity contribution < 1.29 is 4.74 Å². The van der Waals surface area contributed by atoms with Crippen molar-refractivity contribution >= 4 is 39.7 Å². The molecule has 1 atom stereocenters. The molecule has 7 heteroatoms. The van der Waals surface area contributed by atoms with Crippen molar-refractivity contribution in [3.05, 3.63) is 68.9 Å². The van der Waals surface area contributed by atoms with Crippen LogP contribution in [-0.4, -0.2) is 17.1 Å². The van der Waals surface area contributed by atoms with Crippen LogP contribution in [0.3, 0.4) is 0 Å². The van der Waals surface area contributed by atoms with Gasteiger partial charge in [0.25, 0.3) is 0 Å². The quantitative estimate of drug-likeness (QED) is 0.646. The molecule has 124 valence electrons. The molecule has 0 radical (unpaired) electrons. The Balaban J connectivity index is 1.98. The smallest absolute Gasteiger partial charge is 0.180 e. The maximum Gasteiger partial charge on any atom is 0.180 e. The molecule has 3 aromatic rings. The molecule has 24 heavy (non-hydrogen) atoms. The first-order valence-corrected chi connectivity index (χ1v) is 8.85. The number of nitrogen functional groups attached to an aromatic ring is 1. The number of anilines is 1. The van der Waals surface area contributed by atoms with Gasteiger partial charge < -0.3 is 10.5 Å². The van der Waals surface area contributed by atoms with Gasteiger partial charge in [0.2, 0.25) is 0 Å². The Morgan fingerprint density at radius 2 is 1.79 bits per heavy atom. The molecular weight excluding hydrogens is 365 g/mol. The number of methoxy groups -OCH3 is 1. The molecule has 0 saturated heterocycles. The number of aromatic nitrogens is 2. The number of nitrogens with two attached hydrogens (primary N) is 1. The SMILES string of the molecule is COc1ccc(C(Cc2cc(Cl)nc(Cl)c2)c2csc(N)n2)cc1. The van der Waals surface area contributed by atoms with Gasteiger partial charge in [-0.15, -0.1) is 11.3 Å². The maximum atomic E-state index is 6.02. The third-order valence-electron chi connectivity index (χ3n) is 3.68. The van der Waals surface area contributed by atoms with Gasteiger partial charge in [0.1, 0.15) is 16.1 Å². The number of pyridine rings is 1. The Hall–Kier alpha value is -1.82. The van der Waals surface area contributed by atoms with Crippen molar-refractivity contribution in [2.24, 2.45) is 0 Å². The molecule has 4 nitrogen and oxygen atoms in total. The van der Waals surface area contributed by atoms with E-state index < -0.39 is 0 Å². The molecular formula is C17H15Cl2N3OS. The molecule has 1 aromatic carbocycles. The summed E-state index contributed by atoms with van der Waals surface area (Å²) in [7, 11) is 1.65. The summed E-state index contributed by atoms with van der Waals surface area (Å²) in [6, 6.07) is 11.6. The average molecular weight is 380 g/mol.